The number of carbonyl (C=O) groups excluding carboxylic acids is 3. The van der Waals surface area contributed by atoms with Crippen LogP contribution in [0.5, 0.6) is 0 Å². The summed E-state index contributed by atoms with van der Waals surface area (Å²) < 4.78 is 42.1. The third-order valence-corrected chi connectivity index (χ3v) is 4.66. The Morgan fingerprint density at radius 1 is 1.18 bits per heavy atom. The second kappa shape index (κ2) is 10.7. The van der Waals surface area contributed by atoms with Gasteiger partial charge in [0, 0.05) is 19.0 Å². The molecule has 0 unspecified atom stereocenters. The van der Waals surface area contributed by atoms with Crippen LogP contribution in [0.2, 0.25) is 0 Å². The Balaban J connectivity index is 1.51. The Bertz CT molecular complexity index is 1240. The summed E-state index contributed by atoms with van der Waals surface area (Å²) in [5.41, 5.74) is 5.86. The number of nitrogen functional groups attached to an aromatic ring is 1. The number of nitrogens with one attached hydrogen (secondary N) is 1. The lowest BCUT2D eigenvalue weighted by Crippen LogP contribution is -2.26. The lowest BCUT2D eigenvalue weighted by Gasteiger charge is -2.07. The van der Waals surface area contributed by atoms with Crippen LogP contribution in [-0.2, 0) is 20.9 Å². The average Bonchev–Trinajstić information content (AvgIpc) is 3.11. The monoisotopic (exact) mass is 476 g/mol. The number of hydrogen-bond donors (Lipinski definition) is 2. The molecule has 3 rings (SSSR count). The van der Waals surface area contributed by atoms with Gasteiger partial charge in [0.1, 0.15) is 28.8 Å². The van der Waals surface area contributed by atoms with Crippen molar-refractivity contribution in [1.82, 2.24) is 15.3 Å². The van der Waals surface area contributed by atoms with Crippen LogP contribution in [0.15, 0.2) is 22.6 Å². The van der Waals surface area contributed by atoms with Crippen molar-refractivity contribution in [3.8, 4) is 0 Å². The minimum Gasteiger partial charge on any atom is -0.462 e. The molecule has 12 heteroatoms. The van der Waals surface area contributed by atoms with E-state index in [0.717, 1.165) is 12.1 Å². The molecule has 0 atom stereocenters. The molecular weight excluding hydrogens is 454 g/mol. The number of nitrogens with zero attached hydrogens (tertiary/aromatic N) is 2. The summed E-state index contributed by atoms with van der Waals surface area (Å²) in [5, 5.41) is 2.66. The SMILES string of the molecule is CCOC(=O)c1c(C)oc2nc(COC(=O)CCCNC(=O)c3ccc(F)cc3F)nc(N)c12. The molecule has 0 radical (unpaired) electrons. The van der Waals surface area contributed by atoms with Gasteiger partial charge in [0.05, 0.1) is 17.6 Å². The summed E-state index contributed by atoms with van der Waals surface area (Å²) in [6.45, 7) is 3.19. The van der Waals surface area contributed by atoms with Gasteiger partial charge >= 0.3 is 11.9 Å². The number of fused-ring (bicyclic) bond motifs is 1. The molecule has 3 aromatic rings. The van der Waals surface area contributed by atoms with Crippen LogP contribution >= 0.6 is 0 Å². The van der Waals surface area contributed by atoms with Gasteiger partial charge in [0.25, 0.3) is 5.91 Å². The van der Waals surface area contributed by atoms with Gasteiger partial charge < -0.3 is 24.9 Å². The van der Waals surface area contributed by atoms with Crippen molar-refractivity contribution < 1.29 is 37.1 Å². The van der Waals surface area contributed by atoms with Crippen LogP contribution in [0, 0.1) is 18.6 Å². The lowest BCUT2D eigenvalue weighted by molar-refractivity contribution is -0.145. The third-order valence-electron chi connectivity index (χ3n) is 4.66. The maximum absolute atomic E-state index is 13.6. The fraction of sp³-hybridized carbons (Fsp3) is 0.318. The van der Waals surface area contributed by atoms with Gasteiger partial charge in [-0.1, -0.05) is 0 Å². The van der Waals surface area contributed by atoms with Crippen molar-refractivity contribution in [2.75, 3.05) is 18.9 Å². The number of esters is 2. The summed E-state index contributed by atoms with van der Waals surface area (Å²) in [6.07, 6.45) is 0.173. The smallest absolute Gasteiger partial charge is 0.342 e. The topological polar surface area (TPSA) is 147 Å². The second-order valence-electron chi connectivity index (χ2n) is 7.10. The minimum absolute atomic E-state index is 0.0216. The Labute approximate surface area is 192 Å². The van der Waals surface area contributed by atoms with Crippen molar-refractivity contribution in [2.45, 2.75) is 33.3 Å². The molecule has 3 N–H and O–H groups in total. The normalized spacial score (nSPS) is 10.8. The van der Waals surface area contributed by atoms with E-state index in [2.05, 4.69) is 15.3 Å². The van der Waals surface area contributed by atoms with Gasteiger partial charge in [-0.3, -0.25) is 9.59 Å². The first kappa shape index (κ1) is 24.6. The van der Waals surface area contributed by atoms with E-state index in [4.69, 9.17) is 19.6 Å². The van der Waals surface area contributed by atoms with E-state index in [0.29, 0.717) is 6.07 Å². The molecule has 0 aliphatic heterocycles. The molecule has 0 aliphatic rings. The largest absolute Gasteiger partial charge is 0.462 e. The lowest BCUT2D eigenvalue weighted by atomic mass is 10.2. The van der Waals surface area contributed by atoms with E-state index in [-0.39, 0.29) is 72.2 Å². The standard InChI is InChI=1S/C22H22F2N4O6/c1-3-32-22(31)17-11(2)34-21-18(17)19(25)27-15(28-21)10-33-16(29)5-4-8-26-20(30)13-7-6-12(23)9-14(13)24/h6-7,9H,3-5,8,10H2,1-2H3,(H,26,30)(H2,25,27,28). The summed E-state index contributed by atoms with van der Waals surface area (Å²) in [4.78, 5) is 44.2. The number of rotatable bonds is 9. The second-order valence-corrected chi connectivity index (χ2v) is 7.10. The number of carbonyl (C=O) groups is 3. The zero-order valence-corrected chi connectivity index (χ0v) is 18.4. The molecule has 0 saturated carbocycles. The number of aromatic nitrogens is 2. The predicted octanol–water partition coefficient (Wildman–Crippen LogP) is 2.82. The van der Waals surface area contributed by atoms with E-state index in [1.165, 1.54) is 0 Å². The number of furan rings is 1. The van der Waals surface area contributed by atoms with Crippen LogP contribution < -0.4 is 11.1 Å². The van der Waals surface area contributed by atoms with E-state index in [1.54, 1.807) is 13.8 Å². The molecular formula is C22H22F2N4O6. The fourth-order valence-electron chi connectivity index (χ4n) is 3.12. The van der Waals surface area contributed by atoms with Crippen molar-refractivity contribution in [2.24, 2.45) is 0 Å². The molecule has 34 heavy (non-hydrogen) atoms. The number of hydrogen-bond acceptors (Lipinski definition) is 9. The Morgan fingerprint density at radius 2 is 1.94 bits per heavy atom. The van der Waals surface area contributed by atoms with E-state index in [1.807, 2.05) is 0 Å². The molecule has 180 valence electrons. The molecule has 10 nitrogen and oxygen atoms in total. The molecule has 0 aliphatic carbocycles. The molecule has 1 amide bonds. The van der Waals surface area contributed by atoms with E-state index < -0.39 is 29.5 Å². The molecule has 0 fully saturated rings. The summed E-state index contributed by atoms with van der Waals surface area (Å²) in [6, 6.07) is 2.62. The van der Waals surface area contributed by atoms with Gasteiger partial charge in [-0.15, -0.1) is 0 Å². The first-order valence-electron chi connectivity index (χ1n) is 10.3. The highest BCUT2D eigenvalue weighted by Crippen LogP contribution is 2.29. The van der Waals surface area contributed by atoms with E-state index >= 15 is 0 Å². The number of amides is 1. The van der Waals surface area contributed by atoms with Crippen molar-refractivity contribution >= 4 is 34.8 Å². The third kappa shape index (κ3) is 5.63. The van der Waals surface area contributed by atoms with Crippen molar-refractivity contribution in [1.29, 1.82) is 0 Å². The van der Waals surface area contributed by atoms with Crippen LogP contribution in [0.25, 0.3) is 11.1 Å². The van der Waals surface area contributed by atoms with Crippen LogP contribution in [0.1, 0.15) is 52.1 Å². The maximum Gasteiger partial charge on any atom is 0.342 e. The highest BCUT2D eigenvalue weighted by molar-refractivity contribution is 6.07. The van der Waals surface area contributed by atoms with Gasteiger partial charge in [0.2, 0.25) is 5.71 Å². The summed E-state index contributed by atoms with van der Waals surface area (Å²) >= 11 is 0. The number of halogens is 2. The van der Waals surface area contributed by atoms with Crippen LogP contribution in [-0.4, -0.2) is 41.0 Å². The summed E-state index contributed by atoms with van der Waals surface area (Å²) in [7, 11) is 0. The number of nitrogens with two attached hydrogens (primary N) is 1. The fourth-order valence-corrected chi connectivity index (χ4v) is 3.12. The molecule has 0 bridgehead atoms. The maximum atomic E-state index is 13.6. The number of benzene rings is 1. The Morgan fingerprint density at radius 3 is 2.65 bits per heavy atom. The Hall–Kier alpha value is -4.09. The first-order valence-corrected chi connectivity index (χ1v) is 10.3. The molecule has 2 aromatic heterocycles. The summed E-state index contributed by atoms with van der Waals surface area (Å²) in [5.74, 6) is -3.37. The predicted molar refractivity (Wildman–Crippen MR) is 115 cm³/mol. The highest BCUT2D eigenvalue weighted by Gasteiger charge is 2.24. The zero-order chi connectivity index (χ0) is 24.8. The van der Waals surface area contributed by atoms with Crippen molar-refractivity contribution in [3.63, 3.8) is 0 Å². The zero-order valence-electron chi connectivity index (χ0n) is 18.4. The Kier molecular flexibility index (Phi) is 7.71. The van der Waals surface area contributed by atoms with Gasteiger partial charge in [-0.25, -0.2) is 18.6 Å². The van der Waals surface area contributed by atoms with Crippen LogP contribution in [0.3, 0.4) is 0 Å². The van der Waals surface area contributed by atoms with Gasteiger partial charge in [0.15, 0.2) is 12.4 Å². The quantitative estimate of drug-likeness (QED) is 0.351. The molecule has 1 aromatic carbocycles. The molecule has 0 spiro atoms. The number of anilines is 1. The first-order chi connectivity index (χ1) is 16.2. The van der Waals surface area contributed by atoms with Crippen LogP contribution in [0.4, 0.5) is 14.6 Å². The van der Waals surface area contributed by atoms with Gasteiger partial charge in [-0.2, -0.15) is 4.98 Å². The average molecular weight is 476 g/mol. The van der Waals surface area contributed by atoms with E-state index in [9.17, 15) is 23.2 Å². The number of ether oxygens (including phenoxy) is 2. The molecule has 2 heterocycles. The van der Waals surface area contributed by atoms with Gasteiger partial charge in [-0.05, 0) is 32.4 Å². The molecule has 0 saturated heterocycles. The minimum atomic E-state index is -0.978. The van der Waals surface area contributed by atoms with Crippen molar-refractivity contribution in [3.05, 3.63) is 52.5 Å². The highest BCUT2D eigenvalue weighted by atomic mass is 19.1. The number of aryl methyl sites for hydroxylation is 1.